The van der Waals surface area contributed by atoms with E-state index < -0.39 is 11.9 Å². The number of hydrogen-bond acceptors (Lipinski definition) is 3. The van der Waals surface area contributed by atoms with Gasteiger partial charge < -0.3 is 16.8 Å². The number of carbonyl (C=O) groups excluding carboxylic acids is 2. The molecule has 0 heterocycles. The van der Waals surface area contributed by atoms with Crippen LogP contribution in [0.15, 0.2) is 18.2 Å². The van der Waals surface area contributed by atoms with E-state index in [1.54, 1.807) is 0 Å². The Hall–Kier alpha value is -1.59. The summed E-state index contributed by atoms with van der Waals surface area (Å²) in [5.74, 6) is -0.960. The number of fused-ring (bicyclic) bond motifs is 1. The predicted molar refractivity (Wildman–Crippen MR) is 76.1 cm³/mol. The summed E-state index contributed by atoms with van der Waals surface area (Å²) in [5, 5.41) is 2.71. The number of amides is 2. The lowest BCUT2D eigenvalue weighted by molar-refractivity contribution is -0.123. The van der Waals surface area contributed by atoms with Gasteiger partial charge in [0, 0.05) is 5.69 Å². The van der Waals surface area contributed by atoms with Crippen LogP contribution in [0.25, 0.3) is 0 Å². The standard InChI is InChI=1S/C13H17N3O2.ClH/c14-11(7-12(15)17)13(18)16-10-5-4-8-2-1-3-9(8)6-10;/h4-6,11H,1-3,7,14H2,(H2,15,17)(H,16,18);1H. The van der Waals surface area contributed by atoms with E-state index in [0.29, 0.717) is 0 Å². The average molecular weight is 284 g/mol. The van der Waals surface area contributed by atoms with Crippen LogP contribution in [0, 0.1) is 0 Å². The lowest BCUT2D eigenvalue weighted by Crippen LogP contribution is -2.39. The quantitative estimate of drug-likeness (QED) is 0.760. The van der Waals surface area contributed by atoms with Crippen molar-refractivity contribution in [2.75, 3.05) is 5.32 Å². The summed E-state index contributed by atoms with van der Waals surface area (Å²) in [5.41, 5.74) is 13.9. The Balaban J connectivity index is 0.00000180. The van der Waals surface area contributed by atoms with Crippen molar-refractivity contribution in [1.82, 2.24) is 0 Å². The van der Waals surface area contributed by atoms with Crippen LogP contribution in [-0.2, 0) is 22.4 Å². The first-order chi connectivity index (χ1) is 8.56. The summed E-state index contributed by atoms with van der Waals surface area (Å²) in [6, 6.07) is 4.96. The molecule has 6 heteroatoms. The number of anilines is 1. The van der Waals surface area contributed by atoms with Gasteiger partial charge in [0.05, 0.1) is 12.5 Å². The van der Waals surface area contributed by atoms with Gasteiger partial charge in [0.1, 0.15) is 0 Å². The maximum Gasteiger partial charge on any atom is 0.241 e. The molecule has 0 fully saturated rings. The summed E-state index contributed by atoms with van der Waals surface area (Å²) in [4.78, 5) is 22.4. The molecule has 0 spiro atoms. The van der Waals surface area contributed by atoms with Crippen molar-refractivity contribution < 1.29 is 9.59 Å². The number of benzene rings is 1. The minimum atomic E-state index is -0.893. The Morgan fingerprint density at radius 3 is 2.63 bits per heavy atom. The van der Waals surface area contributed by atoms with Crippen LogP contribution in [0.4, 0.5) is 5.69 Å². The second kappa shape index (κ2) is 6.54. The highest BCUT2D eigenvalue weighted by Gasteiger charge is 2.17. The topological polar surface area (TPSA) is 98.2 Å². The van der Waals surface area contributed by atoms with E-state index in [-0.39, 0.29) is 24.7 Å². The number of primary amides is 1. The Morgan fingerprint density at radius 2 is 1.95 bits per heavy atom. The summed E-state index contributed by atoms with van der Waals surface area (Å²) in [6.45, 7) is 0. The second-order valence-corrected chi connectivity index (χ2v) is 4.60. The highest BCUT2D eigenvalue weighted by Crippen LogP contribution is 2.24. The van der Waals surface area contributed by atoms with Gasteiger partial charge in [-0.25, -0.2) is 0 Å². The van der Waals surface area contributed by atoms with Gasteiger partial charge in [-0.05, 0) is 42.5 Å². The molecule has 104 valence electrons. The van der Waals surface area contributed by atoms with Gasteiger partial charge in [-0.3, -0.25) is 9.59 Å². The molecule has 0 saturated carbocycles. The number of rotatable bonds is 4. The highest BCUT2D eigenvalue weighted by atomic mass is 35.5. The zero-order chi connectivity index (χ0) is 13.1. The first-order valence-electron chi connectivity index (χ1n) is 6.03. The van der Waals surface area contributed by atoms with Crippen molar-refractivity contribution in [2.24, 2.45) is 11.5 Å². The van der Waals surface area contributed by atoms with Crippen molar-refractivity contribution in [2.45, 2.75) is 31.7 Å². The Morgan fingerprint density at radius 1 is 1.26 bits per heavy atom. The van der Waals surface area contributed by atoms with E-state index in [9.17, 15) is 9.59 Å². The first-order valence-corrected chi connectivity index (χ1v) is 6.03. The highest BCUT2D eigenvalue weighted by molar-refractivity contribution is 5.97. The third kappa shape index (κ3) is 3.94. The molecule has 1 aromatic rings. The van der Waals surface area contributed by atoms with Gasteiger partial charge in [-0.15, -0.1) is 12.4 Å². The first kappa shape index (κ1) is 15.5. The van der Waals surface area contributed by atoms with Crippen molar-refractivity contribution in [1.29, 1.82) is 0 Å². The van der Waals surface area contributed by atoms with Gasteiger partial charge >= 0.3 is 0 Å². The molecule has 0 aromatic heterocycles. The molecule has 5 nitrogen and oxygen atoms in total. The van der Waals surface area contributed by atoms with Crippen molar-refractivity contribution >= 4 is 29.9 Å². The van der Waals surface area contributed by atoms with Gasteiger partial charge in [-0.2, -0.15) is 0 Å². The van der Waals surface area contributed by atoms with Crippen molar-refractivity contribution in [3.8, 4) is 0 Å². The molecule has 2 amide bonds. The van der Waals surface area contributed by atoms with Crippen LogP contribution in [0.3, 0.4) is 0 Å². The molecule has 19 heavy (non-hydrogen) atoms. The summed E-state index contributed by atoms with van der Waals surface area (Å²) < 4.78 is 0. The Bertz CT molecular complexity index is 491. The minimum Gasteiger partial charge on any atom is -0.370 e. The Kier molecular flexibility index (Phi) is 5.32. The van der Waals surface area contributed by atoms with Gasteiger partial charge in [0.2, 0.25) is 11.8 Å². The van der Waals surface area contributed by atoms with E-state index in [1.165, 1.54) is 11.1 Å². The van der Waals surface area contributed by atoms with E-state index >= 15 is 0 Å². The number of halogens is 1. The molecule has 2 rings (SSSR count). The fraction of sp³-hybridized carbons (Fsp3) is 0.385. The van der Waals surface area contributed by atoms with Crippen molar-refractivity contribution in [3.05, 3.63) is 29.3 Å². The van der Waals surface area contributed by atoms with Crippen LogP contribution in [0.2, 0.25) is 0 Å². The fourth-order valence-electron chi connectivity index (χ4n) is 2.19. The number of nitrogens with one attached hydrogen (secondary N) is 1. The molecule has 1 aromatic carbocycles. The number of carbonyl (C=O) groups is 2. The minimum absolute atomic E-state index is 0. The number of aryl methyl sites for hydroxylation is 2. The van der Waals surface area contributed by atoms with Crippen LogP contribution in [-0.4, -0.2) is 17.9 Å². The van der Waals surface area contributed by atoms with Gasteiger partial charge in [0.15, 0.2) is 0 Å². The molecule has 1 aliphatic carbocycles. The van der Waals surface area contributed by atoms with Gasteiger partial charge in [0.25, 0.3) is 0 Å². The van der Waals surface area contributed by atoms with E-state index in [4.69, 9.17) is 11.5 Å². The lowest BCUT2D eigenvalue weighted by atomic mass is 10.1. The van der Waals surface area contributed by atoms with Gasteiger partial charge in [-0.1, -0.05) is 6.07 Å². The second-order valence-electron chi connectivity index (χ2n) is 4.60. The number of nitrogens with two attached hydrogens (primary N) is 2. The summed E-state index contributed by atoms with van der Waals surface area (Å²) in [7, 11) is 0. The molecule has 0 radical (unpaired) electrons. The smallest absolute Gasteiger partial charge is 0.241 e. The SMILES string of the molecule is Cl.NC(=O)CC(N)C(=O)Nc1ccc2c(c1)CCC2. The molecule has 0 aliphatic heterocycles. The van der Waals surface area contributed by atoms with E-state index in [1.807, 2.05) is 18.2 Å². The molecule has 0 bridgehead atoms. The monoisotopic (exact) mass is 283 g/mol. The molecular weight excluding hydrogens is 266 g/mol. The molecule has 1 atom stereocenters. The molecule has 0 saturated heterocycles. The zero-order valence-electron chi connectivity index (χ0n) is 10.5. The summed E-state index contributed by atoms with van der Waals surface area (Å²) >= 11 is 0. The number of hydrogen-bond donors (Lipinski definition) is 3. The average Bonchev–Trinajstić information content (AvgIpc) is 2.75. The Labute approximate surface area is 118 Å². The third-order valence-corrected chi connectivity index (χ3v) is 3.12. The maximum atomic E-state index is 11.7. The van der Waals surface area contributed by atoms with E-state index in [0.717, 1.165) is 24.9 Å². The van der Waals surface area contributed by atoms with Crippen LogP contribution in [0.1, 0.15) is 24.0 Å². The maximum absolute atomic E-state index is 11.7. The van der Waals surface area contributed by atoms with Crippen molar-refractivity contribution in [3.63, 3.8) is 0 Å². The lowest BCUT2D eigenvalue weighted by Gasteiger charge is -2.11. The largest absolute Gasteiger partial charge is 0.370 e. The third-order valence-electron chi connectivity index (χ3n) is 3.12. The molecule has 1 unspecified atom stereocenters. The summed E-state index contributed by atoms with van der Waals surface area (Å²) in [6.07, 6.45) is 3.17. The van der Waals surface area contributed by atoms with Crippen LogP contribution < -0.4 is 16.8 Å². The fourth-order valence-corrected chi connectivity index (χ4v) is 2.19. The normalized spacial score (nSPS) is 14.2. The molecular formula is C13H18ClN3O2. The molecule has 5 N–H and O–H groups in total. The zero-order valence-corrected chi connectivity index (χ0v) is 11.3. The van der Waals surface area contributed by atoms with Crippen LogP contribution >= 0.6 is 12.4 Å². The van der Waals surface area contributed by atoms with Crippen LogP contribution in [0.5, 0.6) is 0 Å². The van der Waals surface area contributed by atoms with E-state index in [2.05, 4.69) is 5.32 Å². The predicted octanol–water partition coefficient (Wildman–Crippen LogP) is 0.738. The molecule has 1 aliphatic rings.